The second-order valence-electron chi connectivity index (χ2n) is 10.0. The number of hydrogen-bond donors (Lipinski definition) is 3. The van der Waals surface area contributed by atoms with Gasteiger partial charge in [0.2, 0.25) is 0 Å². The summed E-state index contributed by atoms with van der Waals surface area (Å²) in [6, 6.07) is 11.1. The van der Waals surface area contributed by atoms with Gasteiger partial charge in [0.1, 0.15) is 10.4 Å². The normalized spacial score (nSPS) is 16.2. The fraction of sp³-hybridized carbons (Fsp3) is 0.423. The van der Waals surface area contributed by atoms with Crippen LogP contribution in [-0.4, -0.2) is 63.7 Å². The van der Waals surface area contributed by atoms with Crippen LogP contribution in [0.1, 0.15) is 56.3 Å². The lowest BCUT2D eigenvalue weighted by Gasteiger charge is -2.38. The minimum atomic E-state index is -3.91. The van der Waals surface area contributed by atoms with Crippen LogP contribution in [0.4, 0.5) is 5.69 Å². The van der Waals surface area contributed by atoms with Gasteiger partial charge >= 0.3 is 0 Å². The average Bonchev–Trinajstić information content (AvgIpc) is 2.83. The molecule has 192 valence electrons. The lowest BCUT2D eigenvalue weighted by Crippen LogP contribution is -2.46. The first kappa shape index (κ1) is 26.0. The molecule has 4 rings (SSSR count). The molecule has 10 heteroatoms. The summed E-state index contributed by atoms with van der Waals surface area (Å²) in [5, 5.41) is 20.7. The first-order chi connectivity index (χ1) is 17.0. The van der Waals surface area contributed by atoms with Gasteiger partial charge in [-0.05, 0) is 82.3 Å². The van der Waals surface area contributed by atoms with Crippen molar-refractivity contribution in [3.8, 4) is 0 Å². The SMILES string of the molecule is CC(C)(O)CCCC1(O)CCN(C(=O)c2ccc(NS(=O)(=O)c3cccc4nccnc34)cc2)CC1. The molecule has 3 N–H and O–H groups in total. The number of nitrogens with one attached hydrogen (secondary N) is 1. The van der Waals surface area contributed by atoms with Crippen LogP contribution >= 0.6 is 0 Å². The summed E-state index contributed by atoms with van der Waals surface area (Å²) in [6.45, 7) is 4.39. The van der Waals surface area contributed by atoms with E-state index in [4.69, 9.17) is 0 Å². The lowest BCUT2D eigenvalue weighted by molar-refractivity contribution is -0.0291. The highest BCUT2D eigenvalue weighted by Crippen LogP contribution is 2.30. The number of likely N-dealkylation sites (tertiary alicyclic amines) is 1. The van der Waals surface area contributed by atoms with E-state index in [1.807, 2.05) is 0 Å². The third-order valence-corrected chi connectivity index (χ3v) is 7.96. The number of rotatable bonds is 8. The molecular formula is C26H32N4O5S. The highest BCUT2D eigenvalue weighted by molar-refractivity contribution is 7.93. The van der Waals surface area contributed by atoms with Crippen LogP contribution in [0.25, 0.3) is 11.0 Å². The summed E-state index contributed by atoms with van der Waals surface area (Å²) >= 11 is 0. The summed E-state index contributed by atoms with van der Waals surface area (Å²) in [4.78, 5) is 23.0. The Morgan fingerprint density at radius 3 is 2.42 bits per heavy atom. The predicted molar refractivity (Wildman–Crippen MR) is 137 cm³/mol. The molecule has 0 saturated carbocycles. The van der Waals surface area contributed by atoms with Crippen molar-refractivity contribution in [2.75, 3.05) is 17.8 Å². The molecule has 36 heavy (non-hydrogen) atoms. The zero-order chi connectivity index (χ0) is 26.0. The van der Waals surface area contributed by atoms with E-state index in [0.29, 0.717) is 55.5 Å². The zero-order valence-electron chi connectivity index (χ0n) is 20.5. The molecule has 0 radical (unpaired) electrons. The van der Waals surface area contributed by atoms with E-state index in [0.717, 1.165) is 6.42 Å². The number of aromatic nitrogens is 2. The first-order valence-corrected chi connectivity index (χ1v) is 13.5. The van der Waals surface area contributed by atoms with Gasteiger partial charge in [-0.25, -0.2) is 8.42 Å². The van der Waals surface area contributed by atoms with Gasteiger partial charge in [-0.3, -0.25) is 19.5 Å². The highest BCUT2D eigenvalue weighted by Gasteiger charge is 2.34. The monoisotopic (exact) mass is 512 g/mol. The maximum Gasteiger partial charge on any atom is 0.264 e. The van der Waals surface area contributed by atoms with Gasteiger partial charge in [-0.1, -0.05) is 6.07 Å². The molecule has 1 aliphatic rings. The van der Waals surface area contributed by atoms with E-state index < -0.39 is 21.2 Å². The molecule has 2 aromatic carbocycles. The standard InChI is InChI=1S/C26H32N4O5S/c1-25(2,32)11-4-12-26(33)13-17-30(18-14-26)24(31)19-7-9-20(10-8-19)29-36(34,35)22-6-3-5-21-23(22)28-16-15-27-21/h3,5-10,15-16,29,32-33H,4,11-14,17-18H2,1-2H3. The molecule has 0 atom stereocenters. The smallest absolute Gasteiger partial charge is 0.264 e. The Kier molecular flexibility index (Phi) is 7.31. The van der Waals surface area contributed by atoms with Crippen molar-refractivity contribution in [3.63, 3.8) is 0 Å². The number of amides is 1. The van der Waals surface area contributed by atoms with Gasteiger partial charge in [-0.15, -0.1) is 0 Å². The maximum absolute atomic E-state index is 13.0. The molecule has 0 spiro atoms. The fourth-order valence-corrected chi connectivity index (χ4v) is 5.71. The molecule has 0 unspecified atom stereocenters. The Morgan fingerprint density at radius 2 is 1.75 bits per heavy atom. The fourth-order valence-electron chi connectivity index (χ4n) is 4.48. The molecule has 1 amide bonds. The van der Waals surface area contributed by atoms with Gasteiger partial charge in [-0.2, -0.15) is 0 Å². The van der Waals surface area contributed by atoms with Crippen LogP contribution in [-0.2, 0) is 10.0 Å². The minimum absolute atomic E-state index is 0.0246. The zero-order valence-corrected chi connectivity index (χ0v) is 21.3. The first-order valence-electron chi connectivity index (χ1n) is 12.0. The van der Waals surface area contributed by atoms with Crippen LogP contribution in [0.5, 0.6) is 0 Å². The lowest BCUT2D eigenvalue weighted by atomic mass is 9.85. The third-order valence-electron chi connectivity index (χ3n) is 6.55. The molecule has 0 bridgehead atoms. The van der Waals surface area contributed by atoms with Crippen LogP contribution in [0.3, 0.4) is 0 Å². The number of benzene rings is 2. The average molecular weight is 513 g/mol. The Morgan fingerprint density at radius 1 is 1.08 bits per heavy atom. The van der Waals surface area contributed by atoms with E-state index in [1.165, 1.54) is 18.5 Å². The minimum Gasteiger partial charge on any atom is -0.390 e. The number of carbonyl (C=O) groups excluding carboxylic acids is 1. The second-order valence-corrected chi connectivity index (χ2v) is 11.7. The van der Waals surface area contributed by atoms with Crippen molar-refractivity contribution < 1.29 is 23.4 Å². The molecule has 0 aliphatic carbocycles. The Labute approximate surface area is 211 Å². The maximum atomic E-state index is 13.0. The van der Waals surface area contributed by atoms with Crippen molar-refractivity contribution in [2.24, 2.45) is 0 Å². The predicted octanol–water partition coefficient (Wildman–Crippen LogP) is 3.34. The van der Waals surface area contributed by atoms with Crippen LogP contribution < -0.4 is 4.72 Å². The number of piperidine rings is 1. The number of para-hydroxylation sites is 1. The van der Waals surface area contributed by atoms with Crippen molar-refractivity contribution in [1.82, 2.24) is 14.9 Å². The number of hydrogen-bond acceptors (Lipinski definition) is 7. The van der Waals surface area contributed by atoms with Crippen LogP contribution in [0.15, 0.2) is 59.8 Å². The molecule has 1 aromatic heterocycles. The van der Waals surface area contributed by atoms with E-state index in [9.17, 15) is 23.4 Å². The van der Waals surface area contributed by atoms with Gasteiger partial charge in [0, 0.05) is 36.7 Å². The largest absolute Gasteiger partial charge is 0.390 e. The molecule has 9 nitrogen and oxygen atoms in total. The number of fused-ring (bicyclic) bond motifs is 1. The van der Waals surface area contributed by atoms with Crippen LogP contribution in [0, 0.1) is 0 Å². The number of anilines is 1. The van der Waals surface area contributed by atoms with Gasteiger partial charge in [0.25, 0.3) is 15.9 Å². The summed E-state index contributed by atoms with van der Waals surface area (Å²) < 4.78 is 28.5. The Hall–Kier alpha value is -3.08. The van der Waals surface area contributed by atoms with E-state index >= 15 is 0 Å². The van der Waals surface area contributed by atoms with Crippen molar-refractivity contribution in [1.29, 1.82) is 0 Å². The van der Waals surface area contributed by atoms with E-state index in [-0.39, 0.29) is 16.3 Å². The summed E-state index contributed by atoms with van der Waals surface area (Å²) in [5.41, 5.74) is -0.0443. The van der Waals surface area contributed by atoms with Gasteiger partial charge < -0.3 is 15.1 Å². The molecular weight excluding hydrogens is 480 g/mol. The molecule has 1 saturated heterocycles. The number of nitrogens with zero attached hydrogens (tertiary/aromatic N) is 3. The summed E-state index contributed by atoms with van der Waals surface area (Å²) in [7, 11) is -3.91. The van der Waals surface area contributed by atoms with E-state index in [2.05, 4.69) is 14.7 Å². The molecule has 2 heterocycles. The summed E-state index contributed by atoms with van der Waals surface area (Å²) in [5.74, 6) is -0.160. The van der Waals surface area contributed by atoms with Crippen molar-refractivity contribution in [2.45, 2.75) is 62.0 Å². The van der Waals surface area contributed by atoms with Gasteiger partial charge in [0.15, 0.2) is 0 Å². The third kappa shape index (κ3) is 6.18. The van der Waals surface area contributed by atoms with Crippen molar-refractivity contribution in [3.05, 3.63) is 60.4 Å². The molecule has 1 fully saturated rings. The van der Waals surface area contributed by atoms with Crippen molar-refractivity contribution >= 4 is 32.7 Å². The number of sulfonamides is 1. The Balaban J connectivity index is 1.37. The molecule has 1 aliphatic heterocycles. The quantitative estimate of drug-likeness (QED) is 0.422. The van der Waals surface area contributed by atoms with E-state index in [1.54, 1.807) is 55.1 Å². The Bertz CT molecular complexity index is 1320. The number of carbonyl (C=O) groups is 1. The summed E-state index contributed by atoms with van der Waals surface area (Å²) in [6.07, 6.45) is 5.84. The topological polar surface area (TPSA) is 133 Å². The highest BCUT2D eigenvalue weighted by atomic mass is 32.2. The number of aliphatic hydroxyl groups is 2. The molecule has 3 aromatic rings. The second kappa shape index (κ2) is 10.1. The van der Waals surface area contributed by atoms with Gasteiger partial charge in [0.05, 0.1) is 16.7 Å². The van der Waals surface area contributed by atoms with Crippen LogP contribution in [0.2, 0.25) is 0 Å².